The highest BCUT2D eigenvalue weighted by Crippen LogP contribution is 2.20. The topological polar surface area (TPSA) is 40.6 Å². The minimum atomic E-state index is -6.00. The van der Waals surface area contributed by atoms with Gasteiger partial charge in [0.25, 0.3) is 0 Å². The van der Waals surface area contributed by atoms with Crippen molar-refractivity contribution >= 4 is 18.6 Å². The number of morpholine rings is 1. The van der Waals surface area contributed by atoms with Crippen LogP contribution in [0, 0.1) is 5.39 Å². The molecule has 2 rings (SSSR count). The standard InChI is InChI=1S/C10H12N3O.BF4/c11-12-9-1-3-10(4-2-9)13-5-7-14-8-6-13;2-1(3,4)5/h1-4H,5-8H2;/q+1;-1. The van der Waals surface area contributed by atoms with Crippen molar-refractivity contribution in [1.82, 2.24) is 0 Å². The summed E-state index contributed by atoms with van der Waals surface area (Å²) >= 11 is 0. The quantitative estimate of drug-likeness (QED) is 0.449. The highest BCUT2D eigenvalue weighted by Gasteiger charge is 2.20. The second kappa shape index (κ2) is 6.94. The molecule has 104 valence electrons. The molecule has 9 heteroatoms. The molecule has 0 amide bonds. The van der Waals surface area contributed by atoms with Gasteiger partial charge in [-0.1, -0.05) is 0 Å². The molecule has 1 aliphatic rings. The summed E-state index contributed by atoms with van der Waals surface area (Å²) < 4.78 is 44.3. The molecule has 4 nitrogen and oxygen atoms in total. The van der Waals surface area contributed by atoms with Gasteiger partial charge in [0.15, 0.2) is 4.98 Å². The van der Waals surface area contributed by atoms with Crippen LogP contribution in [0.15, 0.2) is 24.3 Å². The van der Waals surface area contributed by atoms with Crippen molar-refractivity contribution in [2.24, 2.45) is 0 Å². The Hall–Kier alpha value is -1.82. The Morgan fingerprint density at radius 1 is 1.05 bits per heavy atom. The number of hydrogen-bond acceptors (Lipinski definition) is 3. The Kier molecular flexibility index (Phi) is 5.57. The van der Waals surface area contributed by atoms with E-state index in [1.807, 2.05) is 12.1 Å². The summed E-state index contributed by atoms with van der Waals surface area (Å²) in [4.78, 5) is 5.37. The smallest absolute Gasteiger partial charge is 0.418 e. The first-order valence-corrected chi connectivity index (χ1v) is 5.55. The van der Waals surface area contributed by atoms with Crippen LogP contribution in [0.5, 0.6) is 0 Å². The number of benzene rings is 1. The molecule has 1 heterocycles. The van der Waals surface area contributed by atoms with Gasteiger partial charge in [0.1, 0.15) is 0 Å². The van der Waals surface area contributed by atoms with Gasteiger partial charge in [-0.25, -0.2) is 0 Å². The Morgan fingerprint density at radius 2 is 1.53 bits per heavy atom. The molecule has 1 saturated heterocycles. The minimum absolute atomic E-state index is 0.585. The third kappa shape index (κ3) is 6.62. The second-order valence-electron chi connectivity index (χ2n) is 3.71. The van der Waals surface area contributed by atoms with Gasteiger partial charge >= 0.3 is 12.9 Å². The van der Waals surface area contributed by atoms with Gasteiger partial charge in [0, 0.05) is 30.9 Å². The third-order valence-electron chi connectivity index (χ3n) is 2.34. The van der Waals surface area contributed by atoms with Gasteiger partial charge in [0.2, 0.25) is 5.39 Å². The van der Waals surface area contributed by atoms with E-state index in [2.05, 4.69) is 9.88 Å². The third-order valence-corrected chi connectivity index (χ3v) is 2.34. The lowest BCUT2D eigenvalue weighted by Gasteiger charge is -2.28. The molecule has 0 bridgehead atoms. The maximum Gasteiger partial charge on any atom is 0.673 e. The van der Waals surface area contributed by atoms with E-state index in [4.69, 9.17) is 10.1 Å². The zero-order valence-electron chi connectivity index (χ0n) is 9.98. The number of anilines is 1. The van der Waals surface area contributed by atoms with E-state index in [1.54, 1.807) is 12.1 Å². The lowest BCUT2D eigenvalue weighted by molar-refractivity contribution is 0.122. The van der Waals surface area contributed by atoms with Crippen molar-refractivity contribution in [2.75, 3.05) is 31.2 Å². The van der Waals surface area contributed by atoms with Gasteiger partial charge in [-0.3, -0.25) is 0 Å². The largest absolute Gasteiger partial charge is 0.673 e. The van der Waals surface area contributed by atoms with Crippen molar-refractivity contribution in [3.05, 3.63) is 29.2 Å². The molecule has 0 radical (unpaired) electrons. The second-order valence-corrected chi connectivity index (χ2v) is 3.71. The molecule has 1 fully saturated rings. The highest BCUT2D eigenvalue weighted by atomic mass is 19.5. The van der Waals surface area contributed by atoms with Crippen LogP contribution < -0.4 is 4.90 Å². The molecule has 0 aliphatic carbocycles. The summed E-state index contributed by atoms with van der Waals surface area (Å²) in [5.41, 5.74) is 1.74. The fourth-order valence-electron chi connectivity index (χ4n) is 1.55. The van der Waals surface area contributed by atoms with Crippen LogP contribution in [-0.4, -0.2) is 33.6 Å². The zero-order valence-corrected chi connectivity index (χ0v) is 9.98. The van der Waals surface area contributed by atoms with Gasteiger partial charge in [0.05, 0.1) is 13.2 Å². The average Bonchev–Trinajstić information content (AvgIpc) is 2.38. The number of halogens is 4. The Bertz CT molecular complexity index is 420. The first kappa shape index (κ1) is 15.2. The van der Waals surface area contributed by atoms with Gasteiger partial charge in [-0.15, -0.1) is 0 Å². The molecule has 1 aliphatic heterocycles. The summed E-state index contributed by atoms with van der Waals surface area (Å²) in [5, 5.41) is 8.53. The van der Waals surface area contributed by atoms with Crippen molar-refractivity contribution in [2.45, 2.75) is 0 Å². The number of rotatable bonds is 1. The highest BCUT2D eigenvalue weighted by molar-refractivity contribution is 6.50. The summed E-state index contributed by atoms with van der Waals surface area (Å²) in [6.07, 6.45) is 0. The average molecular weight is 277 g/mol. The van der Waals surface area contributed by atoms with E-state index >= 15 is 0 Å². The Labute approximate surface area is 107 Å². The van der Waals surface area contributed by atoms with E-state index < -0.39 is 7.25 Å². The maximum atomic E-state index is 9.75. The van der Waals surface area contributed by atoms with Crippen molar-refractivity contribution < 1.29 is 22.0 Å². The van der Waals surface area contributed by atoms with Crippen molar-refractivity contribution in [1.29, 1.82) is 5.39 Å². The lowest BCUT2D eigenvalue weighted by Crippen LogP contribution is -2.36. The Balaban J connectivity index is 0.000000312. The maximum absolute atomic E-state index is 9.75. The molecular formula is C10H12BF4N3O. The van der Waals surface area contributed by atoms with Gasteiger partial charge in [-0.2, -0.15) is 0 Å². The summed E-state index contributed by atoms with van der Waals surface area (Å²) in [5.74, 6) is 0. The van der Waals surface area contributed by atoms with Gasteiger partial charge in [-0.05, 0) is 12.1 Å². The zero-order chi connectivity index (χ0) is 14.3. The monoisotopic (exact) mass is 277 g/mol. The van der Waals surface area contributed by atoms with E-state index in [9.17, 15) is 17.3 Å². The molecule has 0 N–H and O–H groups in total. The molecule has 0 spiro atoms. The van der Waals surface area contributed by atoms with E-state index in [0.717, 1.165) is 32.0 Å². The van der Waals surface area contributed by atoms with Crippen LogP contribution in [0.1, 0.15) is 0 Å². The molecule has 0 atom stereocenters. The predicted molar refractivity (Wildman–Crippen MR) is 64.4 cm³/mol. The minimum Gasteiger partial charge on any atom is -0.418 e. The fourth-order valence-corrected chi connectivity index (χ4v) is 1.55. The number of hydrogen-bond donors (Lipinski definition) is 0. The normalized spacial score (nSPS) is 15.2. The van der Waals surface area contributed by atoms with Crippen LogP contribution >= 0.6 is 0 Å². The van der Waals surface area contributed by atoms with E-state index in [-0.39, 0.29) is 0 Å². The SMILES string of the molecule is F[B-](F)(F)F.N#[N+]c1ccc(N2CCOCC2)cc1. The van der Waals surface area contributed by atoms with E-state index in [1.165, 1.54) is 0 Å². The summed E-state index contributed by atoms with van der Waals surface area (Å²) in [6.45, 7) is 3.42. The van der Waals surface area contributed by atoms with Crippen LogP contribution in [0.2, 0.25) is 0 Å². The molecule has 0 saturated carbocycles. The Morgan fingerprint density at radius 3 is 1.95 bits per heavy atom. The summed E-state index contributed by atoms with van der Waals surface area (Å²) in [6, 6.07) is 7.51. The van der Waals surface area contributed by atoms with Crippen LogP contribution in [0.25, 0.3) is 4.98 Å². The molecule has 0 aromatic heterocycles. The first-order chi connectivity index (χ1) is 8.90. The van der Waals surface area contributed by atoms with Crippen molar-refractivity contribution in [3.8, 4) is 0 Å². The molecule has 1 aromatic carbocycles. The van der Waals surface area contributed by atoms with Crippen LogP contribution in [0.4, 0.5) is 28.6 Å². The number of diazo groups is 1. The molecule has 0 unspecified atom stereocenters. The fraction of sp³-hybridized carbons (Fsp3) is 0.400. The van der Waals surface area contributed by atoms with Crippen LogP contribution in [-0.2, 0) is 4.74 Å². The molecule has 19 heavy (non-hydrogen) atoms. The van der Waals surface area contributed by atoms with Crippen LogP contribution in [0.3, 0.4) is 0 Å². The van der Waals surface area contributed by atoms with Gasteiger partial charge < -0.3 is 26.9 Å². The first-order valence-electron chi connectivity index (χ1n) is 5.55. The molecule has 1 aromatic rings. The summed E-state index contributed by atoms with van der Waals surface area (Å²) in [7, 11) is -6.00. The van der Waals surface area contributed by atoms with Crippen molar-refractivity contribution in [3.63, 3.8) is 0 Å². The molecular weight excluding hydrogens is 265 g/mol. The lowest BCUT2D eigenvalue weighted by atomic mass is 10.2. The number of ether oxygens (including phenoxy) is 1. The number of nitrogens with zero attached hydrogens (tertiary/aromatic N) is 3. The van der Waals surface area contributed by atoms with E-state index in [0.29, 0.717) is 5.69 Å². The predicted octanol–water partition coefficient (Wildman–Crippen LogP) is 3.31.